The number of anilines is 1. The van der Waals surface area contributed by atoms with Crippen molar-refractivity contribution in [1.82, 2.24) is 10.9 Å². The molecule has 0 saturated carbocycles. The lowest BCUT2D eigenvalue weighted by atomic mass is 10.1. The molecule has 0 bridgehead atoms. The van der Waals surface area contributed by atoms with Gasteiger partial charge < -0.3 is 4.90 Å². The quantitative estimate of drug-likeness (QED) is 0.569. The Kier molecular flexibility index (Phi) is 3.50. The van der Waals surface area contributed by atoms with Crippen LogP contribution in [0.25, 0.3) is 0 Å². The Morgan fingerprint density at radius 3 is 2.00 bits per heavy atom. The number of carbonyl (C=O) groups excluding carboxylic acids is 3. The van der Waals surface area contributed by atoms with Crippen molar-refractivity contribution in [2.75, 3.05) is 4.90 Å². The Labute approximate surface area is 104 Å². The molecule has 1 aliphatic heterocycles. The molecule has 1 saturated heterocycles. The third kappa shape index (κ3) is 2.15. The van der Waals surface area contributed by atoms with Gasteiger partial charge >= 0.3 is 0 Å². The first-order valence-electron chi connectivity index (χ1n) is 5.48. The summed E-state index contributed by atoms with van der Waals surface area (Å²) in [5, 5.41) is 0. The van der Waals surface area contributed by atoms with Crippen LogP contribution in [0.15, 0.2) is 24.3 Å². The first-order chi connectivity index (χ1) is 8.67. The topological polar surface area (TPSA) is 78.5 Å². The van der Waals surface area contributed by atoms with Gasteiger partial charge in [0.05, 0.1) is 0 Å². The molecule has 6 nitrogen and oxygen atoms in total. The van der Waals surface area contributed by atoms with E-state index in [-0.39, 0.29) is 5.78 Å². The lowest BCUT2D eigenvalue weighted by molar-refractivity contribution is -0.109. The second-order valence-corrected chi connectivity index (χ2v) is 3.96. The minimum atomic E-state index is -0.608. The van der Waals surface area contributed by atoms with Crippen LogP contribution >= 0.6 is 0 Å². The van der Waals surface area contributed by atoms with Crippen molar-refractivity contribution in [3.63, 3.8) is 0 Å². The maximum absolute atomic E-state index is 11.2. The average Bonchev–Trinajstić information content (AvgIpc) is 2.81. The van der Waals surface area contributed by atoms with Crippen molar-refractivity contribution in [3.8, 4) is 0 Å². The van der Waals surface area contributed by atoms with E-state index in [9.17, 15) is 14.4 Å². The van der Waals surface area contributed by atoms with Crippen molar-refractivity contribution >= 4 is 24.0 Å². The fourth-order valence-corrected chi connectivity index (χ4v) is 1.87. The molecule has 1 fully saturated rings. The van der Waals surface area contributed by atoms with E-state index in [0.717, 1.165) is 0 Å². The zero-order valence-electron chi connectivity index (χ0n) is 9.79. The highest BCUT2D eigenvalue weighted by atomic mass is 16.1. The van der Waals surface area contributed by atoms with Crippen LogP contribution in [-0.2, 0) is 9.59 Å². The van der Waals surface area contributed by atoms with Crippen LogP contribution in [0.5, 0.6) is 0 Å². The molecule has 2 atom stereocenters. The summed E-state index contributed by atoms with van der Waals surface area (Å²) in [5.41, 5.74) is 6.68. The smallest absolute Gasteiger partial charge is 0.159 e. The number of carbonyl (C=O) groups is 3. The van der Waals surface area contributed by atoms with Gasteiger partial charge in [-0.25, -0.2) is 10.9 Å². The van der Waals surface area contributed by atoms with Gasteiger partial charge in [-0.2, -0.15) is 0 Å². The highest BCUT2D eigenvalue weighted by molar-refractivity contribution is 5.94. The lowest BCUT2D eigenvalue weighted by Gasteiger charge is -2.24. The molecule has 0 amide bonds. The van der Waals surface area contributed by atoms with E-state index in [2.05, 4.69) is 10.9 Å². The summed E-state index contributed by atoms with van der Waals surface area (Å²) in [6.45, 7) is 1.48. The van der Waals surface area contributed by atoms with Crippen LogP contribution < -0.4 is 15.8 Å². The van der Waals surface area contributed by atoms with Crippen LogP contribution in [0, 0.1) is 0 Å². The molecule has 2 rings (SSSR count). The van der Waals surface area contributed by atoms with E-state index in [1.54, 1.807) is 29.2 Å². The number of hydrazine groups is 1. The molecule has 1 aromatic rings. The predicted octanol–water partition coefficient (Wildman–Crippen LogP) is -0.147. The first-order valence-corrected chi connectivity index (χ1v) is 5.48. The van der Waals surface area contributed by atoms with E-state index in [1.165, 1.54) is 6.92 Å². The van der Waals surface area contributed by atoms with Crippen LogP contribution in [0.2, 0.25) is 0 Å². The summed E-state index contributed by atoms with van der Waals surface area (Å²) in [5.74, 6) is -0.0295. The zero-order valence-corrected chi connectivity index (χ0v) is 9.79. The molecule has 1 aromatic carbocycles. The van der Waals surface area contributed by atoms with Crippen molar-refractivity contribution in [2.24, 2.45) is 0 Å². The van der Waals surface area contributed by atoms with E-state index < -0.39 is 12.3 Å². The number of aldehydes is 2. The lowest BCUT2D eigenvalue weighted by Crippen LogP contribution is -2.41. The summed E-state index contributed by atoms with van der Waals surface area (Å²) >= 11 is 0. The molecule has 1 heterocycles. The minimum absolute atomic E-state index is 0.0295. The monoisotopic (exact) mass is 247 g/mol. The second-order valence-electron chi connectivity index (χ2n) is 3.96. The van der Waals surface area contributed by atoms with Gasteiger partial charge in [-0.15, -0.1) is 0 Å². The Bertz CT molecular complexity index is 456. The van der Waals surface area contributed by atoms with E-state index >= 15 is 0 Å². The van der Waals surface area contributed by atoms with Crippen LogP contribution in [0.3, 0.4) is 0 Å². The number of nitrogens with zero attached hydrogens (tertiary/aromatic N) is 1. The van der Waals surface area contributed by atoms with Crippen LogP contribution in [0.1, 0.15) is 17.3 Å². The normalized spacial score (nSPS) is 22.8. The molecule has 2 N–H and O–H groups in total. The number of hydrogen-bond donors (Lipinski definition) is 2. The third-order valence-electron chi connectivity index (χ3n) is 2.81. The summed E-state index contributed by atoms with van der Waals surface area (Å²) in [4.78, 5) is 34.6. The summed E-state index contributed by atoms with van der Waals surface area (Å²) in [6, 6.07) is 6.75. The van der Waals surface area contributed by atoms with Gasteiger partial charge in [0.1, 0.15) is 0 Å². The maximum atomic E-state index is 11.2. The zero-order chi connectivity index (χ0) is 13.1. The Hall–Kier alpha value is -2.05. The van der Waals surface area contributed by atoms with Gasteiger partial charge in [-0.1, -0.05) is 0 Å². The van der Waals surface area contributed by atoms with Crippen LogP contribution in [0.4, 0.5) is 5.69 Å². The summed E-state index contributed by atoms with van der Waals surface area (Å²) in [6.07, 6.45) is 0.192. The molecule has 0 aromatic heterocycles. The Morgan fingerprint density at radius 2 is 1.61 bits per heavy atom. The molecule has 6 heteroatoms. The predicted molar refractivity (Wildman–Crippen MR) is 64.9 cm³/mol. The van der Waals surface area contributed by atoms with Gasteiger partial charge in [-0.3, -0.25) is 14.4 Å². The molecule has 1 aliphatic rings. The van der Waals surface area contributed by atoms with E-state index in [4.69, 9.17) is 0 Å². The number of hydrogen-bond acceptors (Lipinski definition) is 6. The molecule has 2 unspecified atom stereocenters. The summed E-state index contributed by atoms with van der Waals surface area (Å²) in [7, 11) is 0. The second kappa shape index (κ2) is 5.07. The highest BCUT2D eigenvalue weighted by Gasteiger charge is 2.32. The Balaban J connectivity index is 2.30. The minimum Gasteiger partial charge on any atom is -0.325 e. The third-order valence-corrected chi connectivity index (χ3v) is 2.81. The first kappa shape index (κ1) is 12.4. The fourth-order valence-electron chi connectivity index (χ4n) is 1.87. The molecule has 0 aliphatic carbocycles. The standard InChI is InChI=1S/C12H13N3O3/c1-8(18)9-2-4-10(5-3-9)15-11(6-16)13-14-12(15)7-17/h2-7,11-14H,1H3. The molecule has 0 spiro atoms. The average molecular weight is 247 g/mol. The maximum Gasteiger partial charge on any atom is 0.159 e. The molecule has 0 radical (unpaired) electrons. The van der Waals surface area contributed by atoms with E-state index in [1.807, 2.05) is 0 Å². The van der Waals surface area contributed by atoms with Gasteiger partial charge in [0.2, 0.25) is 0 Å². The van der Waals surface area contributed by atoms with Crippen molar-refractivity contribution in [2.45, 2.75) is 19.3 Å². The molecular formula is C12H13N3O3. The number of rotatable bonds is 4. The van der Waals surface area contributed by atoms with Gasteiger partial charge in [0.25, 0.3) is 0 Å². The van der Waals surface area contributed by atoms with Crippen LogP contribution in [-0.4, -0.2) is 30.7 Å². The molecule has 94 valence electrons. The van der Waals surface area contributed by atoms with E-state index in [0.29, 0.717) is 23.8 Å². The number of Topliss-reactive ketones (excluding diaryl/α,β-unsaturated/α-hetero) is 1. The van der Waals surface area contributed by atoms with Gasteiger partial charge in [-0.05, 0) is 31.2 Å². The number of benzene rings is 1. The summed E-state index contributed by atoms with van der Waals surface area (Å²) < 4.78 is 0. The van der Waals surface area contributed by atoms with Crippen molar-refractivity contribution in [3.05, 3.63) is 29.8 Å². The fraction of sp³-hybridized carbons (Fsp3) is 0.250. The highest BCUT2D eigenvalue weighted by Crippen LogP contribution is 2.20. The molecule has 18 heavy (non-hydrogen) atoms. The van der Waals surface area contributed by atoms with Gasteiger partial charge in [0, 0.05) is 11.3 Å². The van der Waals surface area contributed by atoms with Gasteiger partial charge in [0.15, 0.2) is 30.7 Å². The SMILES string of the molecule is CC(=O)c1ccc(N2C(C=O)NNC2C=O)cc1. The number of ketones is 1. The largest absolute Gasteiger partial charge is 0.325 e. The van der Waals surface area contributed by atoms with Crippen molar-refractivity contribution in [1.29, 1.82) is 0 Å². The molecular weight excluding hydrogens is 234 g/mol. The number of nitrogens with one attached hydrogen (secondary N) is 2. The Morgan fingerprint density at radius 1 is 1.11 bits per heavy atom. The van der Waals surface area contributed by atoms with Crippen molar-refractivity contribution < 1.29 is 14.4 Å².